The Bertz CT molecular complexity index is 253. The summed E-state index contributed by atoms with van der Waals surface area (Å²) >= 11 is 0. The molecule has 0 atom stereocenters. The van der Waals surface area contributed by atoms with Crippen LogP contribution in [0.15, 0.2) is 0 Å². The first kappa shape index (κ1) is 12.5. The third-order valence-electron chi connectivity index (χ3n) is 3.14. The lowest BCUT2D eigenvalue weighted by atomic mass is 9.58. The van der Waals surface area contributed by atoms with Gasteiger partial charge in [0, 0.05) is 0 Å². The fourth-order valence-electron chi connectivity index (χ4n) is 3.54. The Morgan fingerprint density at radius 2 is 1.47 bits per heavy atom. The molecule has 3 heteroatoms. The third kappa shape index (κ3) is 2.71. The van der Waals surface area contributed by atoms with Crippen molar-refractivity contribution in [3.05, 3.63) is 0 Å². The molecule has 0 aliphatic heterocycles. The molecule has 0 aromatic carbocycles. The fourth-order valence-corrected chi connectivity index (χ4v) is 3.54. The van der Waals surface area contributed by atoms with Gasteiger partial charge in [-0.05, 0) is 30.1 Å². The number of ether oxygens (including phenoxy) is 1. The van der Waals surface area contributed by atoms with E-state index >= 15 is 0 Å². The Hall–Kier alpha value is -0.570. The van der Waals surface area contributed by atoms with Gasteiger partial charge in [0.25, 0.3) is 0 Å². The van der Waals surface area contributed by atoms with Crippen LogP contribution in [0, 0.1) is 10.8 Å². The summed E-state index contributed by atoms with van der Waals surface area (Å²) in [5, 5.41) is 0. The number of carbonyl (C=O) groups excluding carboxylic acids is 1. The predicted molar refractivity (Wildman–Crippen MR) is 60.3 cm³/mol. The lowest BCUT2D eigenvalue weighted by Gasteiger charge is -2.48. The maximum Gasteiger partial charge on any atom is 0.325 e. The van der Waals surface area contributed by atoms with Gasteiger partial charge in [0.15, 0.2) is 0 Å². The summed E-state index contributed by atoms with van der Waals surface area (Å²) in [4.78, 5) is 11.7. The molecule has 1 saturated carbocycles. The molecule has 2 N–H and O–H groups in total. The quantitative estimate of drug-likeness (QED) is 0.679. The van der Waals surface area contributed by atoms with E-state index in [9.17, 15) is 4.79 Å². The van der Waals surface area contributed by atoms with Crippen LogP contribution in [0.2, 0.25) is 0 Å². The van der Waals surface area contributed by atoms with Gasteiger partial charge in [-0.3, -0.25) is 4.79 Å². The zero-order valence-corrected chi connectivity index (χ0v) is 10.5. The molecule has 1 aliphatic rings. The summed E-state index contributed by atoms with van der Waals surface area (Å²) in [5.74, 6) is -0.275. The molecule has 15 heavy (non-hydrogen) atoms. The van der Waals surface area contributed by atoms with Crippen molar-refractivity contribution in [3.63, 3.8) is 0 Å². The summed E-state index contributed by atoms with van der Waals surface area (Å²) in [6.07, 6.45) is 2.50. The van der Waals surface area contributed by atoms with Crippen LogP contribution >= 0.6 is 0 Å². The first-order chi connectivity index (χ1) is 6.60. The highest BCUT2D eigenvalue weighted by atomic mass is 16.5. The van der Waals surface area contributed by atoms with Crippen LogP contribution in [0.5, 0.6) is 0 Å². The molecule has 0 unspecified atom stereocenters. The van der Waals surface area contributed by atoms with E-state index in [1.54, 1.807) is 0 Å². The van der Waals surface area contributed by atoms with E-state index in [2.05, 4.69) is 27.7 Å². The monoisotopic (exact) mass is 213 g/mol. The molecular formula is C12H23NO2. The van der Waals surface area contributed by atoms with Crippen molar-refractivity contribution in [1.82, 2.24) is 0 Å². The molecular weight excluding hydrogens is 190 g/mol. The van der Waals surface area contributed by atoms with Crippen LogP contribution in [-0.4, -0.2) is 18.6 Å². The Morgan fingerprint density at radius 3 is 1.80 bits per heavy atom. The fraction of sp³-hybridized carbons (Fsp3) is 0.917. The van der Waals surface area contributed by atoms with E-state index < -0.39 is 5.54 Å². The Labute approximate surface area is 92.4 Å². The molecule has 0 amide bonds. The first-order valence-corrected chi connectivity index (χ1v) is 5.48. The normalized spacial score (nSPS) is 27.1. The second-order valence-corrected chi connectivity index (χ2v) is 6.51. The lowest BCUT2D eigenvalue weighted by molar-refractivity contribution is -0.152. The average molecular weight is 213 g/mol. The number of rotatable bonds is 1. The standard InChI is InChI=1S/C12H23NO2/c1-10(2)6-11(3,4)8-12(13,7-10)9(14)15-5/h6-8,13H2,1-5H3. The van der Waals surface area contributed by atoms with Crippen molar-refractivity contribution in [1.29, 1.82) is 0 Å². The molecule has 0 heterocycles. The molecule has 1 aliphatic carbocycles. The number of nitrogens with two attached hydrogens (primary N) is 1. The molecule has 1 fully saturated rings. The Morgan fingerprint density at radius 1 is 1.07 bits per heavy atom. The minimum atomic E-state index is -0.806. The van der Waals surface area contributed by atoms with Gasteiger partial charge in [-0.2, -0.15) is 0 Å². The van der Waals surface area contributed by atoms with Crippen molar-refractivity contribution < 1.29 is 9.53 Å². The molecule has 0 aromatic rings. The van der Waals surface area contributed by atoms with Gasteiger partial charge in [0.05, 0.1) is 7.11 Å². The van der Waals surface area contributed by atoms with Gasteiger partial charge >= 0.3 is 5.97 Å². The van der Waals surface area contributed by atoms with Crippen LogP contribution < -0.4 is 5.73 Å². The molecule has 0 bridgehead atoms. The summed E-state index contributed by atoms with van der Waals surface area (Å²) in [6.45, 7) is 8.66. The van der Waals surface area contributed by atoms with Gasteiger partial charge in [0.2, 0.25) is 0 Å². The number of hydrogen-bond acceptors (Lipinski definition) is 3. The van der Waals surface area contributed by atoms with Crippen molar-refractivity contribution in [2.24, 2.45) is 16.6 Å². The zero-order valence-electron chi connectivity index (χ0n) is 10.5. The topological polar surface area (TPSA) is 52.3 Å². The summed E-state index contributed by atoms with van der Waals surface area (Å²) < 4.78 is 4.82. The molecule has 0 aromatic heterocycles. The summed E-state index contributed by atoms with van der Waals surface area (Å²) in [7, 11) is 1.41. The average Bonchev–Trinajstić information content (AvgIpc) is 1.95. The molecule has 3 nitrogen and oxygen atoms in total. The SMILES string of the molecule is COC(=O)C1(N)CC(C)(C)CC(C)(C)C1. The first-order valence-electron chi connectivity index (χ1n) is 5.48. The maximum absolute atomic E-state index is 11.7. The number of methoxy groups -OCH3 is 1. The smallest absolute Gasteiger partial charge is 0.325 e. The number of hydrogen-bond donors (Lipinski definition) is 1. The third-order valence-corrected chi connectivity index (χ3v) is 3.14. The van der Waals surface area contributed by atoms with E-state index in [1.807, 2.05) is 0 Å². The van der Waals surface area contributed by atoms with E-state index in [4.69, 9.17) is 10.5 Å². The largest absolute Gasteiger partial charge is 0.468 e. The van der Waals surface area contributed by atoms with Crippen LogP contribution in [0.25, 0.3) is 0 Å². The van der Waals surface area contributed by atoms with Gasteiger partial charge < -0.3 is 10.5 Å². The second-order valence-electron chi connectivity index (χ2n) is 6.51. The van der Waals surface area contributed by atoms with Crippen LogP contribution in [0.3, 0.4) is 0 Å². The maximum atomic E-state index is 11.7. The van der Waals surface area contributed by atoms with Gasteiger partial charge in [0.1, 0.15) is 5.54 Å². The summed E-state index contributed by atoms with van der Waals surface area (Å²) in [5.41, 5.74) is 5.59. The van der Waals surface area contributed by atoms with Crippen LogP contribution in [-0.2, 0) is 9.53 Å². The van der Waals surface area contributed by atoms with E-state index in [-0.39, 0.29) is 16.8 Å². The minimum Gasteiger partial charge on any atom is -0.468 e. The molecule has 0 radical (unpaired) electrons. The van der Waals surface area contributed by atoms with E-state index in [0.717, 1.165) is 6.42 Å². The zero-order chi connectivity index (χ0) is 11.9. The van der Waals surface area contributed by atoms with Crippen LogP contribution in [0.4, 0.5) is 0 Å². The van der Waals surface area contributed by atoms with Crippen molar-refractivity contribution in [2.45, 2.75) is 52.5 Å². The van der Waals surface area contributed by atoms with Crippen molar-refractivity contribution in [3.8, 4) is 0 Å². The highest BCUT2D eigenvalue weighted by Gasteiger charge is 2.49. The molecule has 0 saturated heterocycles. The van der Waals surface area contributed by atoms with Crippen LogP contribution in [0.1, 0.15) is 47.0 Å². The van der Waals surface area contributed by atoms with Gasteiger partial charge in [-0.15, -0.1) is 0 Å². The molecule has 88 valence electrons. The lowest BCUT2D eigenvalue weighted by Crippen LogP contribution is -2.57. The van der Waals surface area contributed by atoms with E-state index in [0.29, 0.717) is 12.8 Å². The van der Waals surface area contributed by atoms with Crippen molar-refractivity contribution in [2.75, 3.05) is 7.11 Å². The Balaban J connectivity index is 2.97. The van der Waals surface area contributed by atoms with Gasteiger partial charge in [-0.1, -0.05) is 27.7 Å². The molecule has 1 rings (SSSR count). The van der Waals surface area contributed by atoms with E-state index in [1.165, 1.54) is 7.11 Å². The highest BCUT2D eigenvalue weighted by Crippen LogP contribution is 2.49. The second kappa shape index (κ2) is 3.48. The minimum absolute atomic E-state index is 0.102. The van der Waals surface area contributed by atoms with Gasteiger partial charge in [-0.25, -0.2) is 0 Å². The number of carbonyl (C=O) groups is 1. The van der Waals surface area contributed by atoms with Crippen molar-refractivity contribution >= 4 is 5.97 Å². The summed E-state index contributed by atoms with van der Waals surface area (Å²) in [6, 6.07) is 0. The molecule has 0 spiro atoms. The number of esters is 1. The Kier molecular flexibility index (Phi) is 2.90. The highest BCUT2D eigenvalue weighted by molar-refractivity contribution is 5.80. The predicted octanol–water partition coefficient (Wildman–Crippen LogP) is 2.09.